The van der Waals surface area contributed by atoms with E-state index in [0.717, 1.165) is 15.2 Å². The van der Waals surface area contributed by atoms with Crippen molar-refractivity contribution in [2.45, 2.75) is 19.3 Å². The summed E-state index contributed by atoms with van der Waals surface area (Å²) in [7, 11) is 0. The van der Waals surface area contributed by atoms with Crippen LogP contribution in [0.5, 0.6) is 0 Å². The van der Waals surface area contributed by atoms with Gasteiger partial charge in [-0.25, -0.2) is 9.37 Å². The topological polar surface area (TPSA) is 16.1 Å². The van der Waals surface area contributed by atoms with Crippen LogP contribution in [-0.4, -0.2) is 18.1 Å². The molecule has 2 heterocycles. The minimum atomic E-state index is -0.218. The summed E-state index contributed by atoms with van der Waals surface area (Å²) in [5.74, 6) is -0.218. The normalized spacial score (nSPS) is 15.5. The summed E-state index contributed by atoms with van der Waals surface area (Å²) in [6.07, 6.45) is 12.0. The number of fused-ring (bicyclic) bond motifs is 1. The van der Waals surface area contributed by atoms with Gasteiger partial charge in [-0.2, -0.15) is 0 Å². The lowest BCUT2D eigenvalue weighted by Gasteiger charge is -2.28. The molecule has 0 saturated carbocycles. The van der Waals surface area contributed by atoms with Gasteiger partial charge < -0.3 is 4.90 Å². The molecule has 0 spiro atoms. The van der Waals surface area contributed by atoms with E-state index in [1.807, 2.05) is 18.2 Å². The van der Waals surface area contributed by atoms with Gasteiger partial charge in [-0.05, 0) is 61.2 Å². The van der Waals surface area contributed by atoms with Crippen molar-refractivity contribution in [2.24, 2.45) is 0 Å². The minimum Gasteiger partial charge on any atom is -0.372 e. The largest absolute Gasteiger partial charge is 0.372 e. The number of rotatable bonds is 4. The lowest BCUT2D eigenvalue weighted by molar-refractivity contribution is 0.578. The van der Waals surface area contributed by atoms with E-state index in [1.165, 1.54) is 67.1 Å². The van der Waals surface area contributed by atoms with E-state index in [2.05, 4.69) is 40.2 Å². The zero-order chi connectivity index (χ0) is 17.8. The molecule has 3 aromatic rings. The highest BCUT2D eigenvalue weighted by molar-refractivity contribution is 7.19. The first-order chi connectivity index (χ1) is 12.8. The second-order valence-electron chi connectivity index (χ2n) is 6.52. The van der Waals surface area contributed by atoms with Crippen molar-refractivity contribution in [2.75, 3.05) is 18.0 Å². The third kappa shape index (κ3) is 4.02. The van der Waals surface area contributed by atoms with Crippen LogP contribution in [0.1, 0.15) is 29.8 Å². The third-order valence-electron chi connectivity index (χ3n) is 4.62. The molecule has 0 N–H and O–H groups in total. The number of hydrogen-bond acceptors (Lipinski definition) is 3. The van der Waals surface area contributed by atoms with E-state index < -0.39 is 0 Å². The van der Waals surface area contributed by atoms with Crippen LogP contribution in [0.25, 0.3) is 22.4 Å². The predicted octanol–water partition coefficient (Wildman–Crippen LogP) is 6.15. The van der Waals surface area contributed by atoms with E-state index in [9.17, 15) is 4.39 Å². The van der Waals surface area contributed by atoms with Crippen molar-refractivity contribution in [1.82, 2.24) is 4.98 Å². The van der Waals surface area contributed by atoms with Crippen molar-refractivity contribution < 1.29 is 4.39 Å². The molecular weight excluding hydrogens is 343 g/mol. The molecule has 2 nitrogen and oxygen atoms in total. The van der Waals surface area contributed by atoms with Gasteiger partial charge in [0.05, 0.1) is 10.2 Å². The smallest absolute Gasteiger partial charge is 0.124 e. The summed E-state index contributed by atoms with van der Waals surface area (Å²) >= 11 is 1.50. The summed E-state index contributed by atoms with van der Waals surface area (Å²) in [5.41, 5.74) is 3.34. The zero-order valence-electron chi connectivity index (χ0n) is 14.6. The standard InChI is InChI=1S/C22H21FN2S/c23-18-10-13-20-21(16-18)26-22(24-20)7-3-2-6-17-8-11-19(12-9-17)25-14-4-1-5-15-25/h2-3,6-13,16H,1,4-5,14-15H2. The second-order valence-corrected chi connectivity index (χ2v) is 7.58. The van der Waals surface area contributed by atoms with Gasteiger partial charge in [0, 0.05) is 18.8 Å². The van der Waals surface area contributed by atoms with Crippen molar-refractivity contribution in [3.05, 3.63) is 71.0 Å². The molecule has 1 fully saturated rings. The molecule has 2 aromatic carbocycles. The molecule has 0 atom stereocenters. The molecule has 0 unspecified atom stereocenters. The van der Waals surface area contributed by atoms with Crippen molar-refractivity contribution in [3.63, 3.8) is 0 Å². The van der Waals surface area contributed by atoms with Crippen LogP contribution in [0.15, 0.2) is 54.6 Å². The Kier molecular flexibility index (Phi) is 5.12. The monoisotopic (exact) mass is 364 g/mol. The Labute approximate surface area is 157 Å². The fourth-order valence-electron chi connectivity index (χ4n) is 3.24. The highest BCUT2D eigenvalue weighted by atomic mass is 32.1. The molecule has 132 valence electrons. The summed E-state index contributed by atoms with van der Waals surface area (Å²) in [6.45, 7) is 2.34. The van der Waals surface area contributed by atoms with Crippen LogP contribution in [0.4, 0.5) is 10.1 Å². The molecule has 0 radical (unpaired) electrons. The van der Waals surface area contributed by atoms with E-state index >= 15 is 0 Å². The number of nitrogens with zero attached hydrogens (tertiary/aromatic N) is 2. The highest BCUT2D eigenvalue weighted by Gasteiger charge is 2.10. The van der Waals surface area contributed by atoms with E-state index in [1.54, 1.807) is 6.07 Å². The first kappa shape index (κ1) is 17.0. The van der Waals surface area contributed by atoms with Gasteiger partial charge in [-0.15, -0.1) is 11.3 Å². The van der Waals surface area contributed by atoms with Gasteiger partial charge in [-0.3, -0.25) is 0 Å². The molecule has 1 saturated heterocycles. The lowest BCUT2D eigenvalue weighted by atomic mass is 10.1. The SMILES string of the molecule is Fc1ccc2nc(C=CC=Cc3ccc(N4CCCCC4)cc3)sc2c1. The Bertz CT molecular complexity index is 934. The molecule has 4 rings (SSSR count). The van der Waals surface area contributed by atoms with Gasteiger partial charge in [-0.1, -0.05) is 30.4 Å². The van der Waals surface area contributed by atoms with Crippen molar-refractivity contribution in [3.8, 4) is 0 Å². The quantitative estimate of drug-likeness (QED) is 0.516. The summed E-state index contributed by atoms with van der Waals surface area (Å²) in [5, 5.41) is 0.885. The highest BCUT2D eigenvalue weighted by Crippen LogP contribution is 2.24. The summed E-state index contributed by atoms with van der Waals surface area (Å²) in [4.78, 5) is 6.95. The molecule has 1 aliphatic heterocycles. The van der Waals surface area contributed by atoms with E-state index in [-0.39, 0.29) is 5.82 Å². The Morgan fingerprint density at radius 1 is 0.923 bits per heavy atom. The number of allylic oxidation sites excluding steroid dienone is 2. The maximum absolute atomic E-state index is 13.2. The van der Waals surface area contributed by atoms with E-state index in [0.29, 0.717) is 0 Å². The Hall–Kier alpha value is -2.46. The van der Waals surface area contributed by atoms with Crippen LogP contribution >= 0.6 is 11.3 Å². The van der Waals surface area contributed by atoms with Crippen LogP contribution in [0.3, 0.4) is 0 Å². The number of anilines is 1. The number of benzene rings is 2. The molecular formula is C22H21FN2S. The second kappa shape index (κ2) is 7.83. The molecule has 0 aliphatic carbocycles. The molecule has 26 heavy (non-hydrogen) atoms. The van der Waals surface area contributed by atoms with Gasteiger partial charge in [0.15, 0.2) is 0 Å². The number of aromatic nitrogens is 1. The molecule has 1 aliphatic rings. The average Bonchev–Trinajstić information content (AvgIpc) is 3.08. The van der Waals surface area contributed by atoms with Crippen LogP contribution in [-0.2, 0) is 0 Å². The average molecular weight is 364 g/mol. The summed E-state index contributed by atoms with van der Waals surface area (Å²) in [6, 6.07) is 13.4. The Morgan fingerprint density at radius 3 is 2.50 bits per heavy atom. The number of piperidine rings is 1. The van der Waals surface area contributed by atoms with Crippen LogP contribution < -0.4 is 4.90 Å². The fraction of sp³-hybridized carbons (Fsp3) is 0.227. The van der Waals surface area contributed by atoms with Gasteiger partial charge in [0.2, 0.25) is 0 Å². The maximum atomic E-state index is 13.2. The summed E-state index contributed by atoms with van der Waals surface area (Å²) < 4.78 is 14.1. The molecule has 0 bridgehead atoms. The Morgan fingerprint density at radius 2 is 1.69 bits per heavy atom. The van der Waals surface area contributed by atoms with Gasteiger partial charge in [0.25, 0.3) is 0 Å². The Balaban J connectivity index is 1.39. The predicted molar refractivity (Wildman–Crippen MR) is 110 cm³/mol. The van der Waals surface area contributed by atoms with Crippen LogP contribution in [0, 0.1) is 5.82 Å². The van der Waals surface area contributed by atoms with Crippen molar-refractivity contribution in [1.29, 1.82) is 0 Å². The minimum absolute atomic E-state index is 0.218. The molecule has 4 heteroatoms. The van der Waals surface area contributed by atoms with Crippen LogP contribution in [0.2, 0.25) is 0 Å². The first-order valence-electron chi connectivity index (χ1n) is 9.04. The number of halogens is 1. The zero-order valence-corrected chi connectivity index (χ0v) is 15.4. The number of thiazole rings is 1. The fourth-order valence-corrected chi connectivity index (χ4v) is 4.15. The third-order valence-corrected chi connectivity index (χ3v) is 5.60. The van der Waals surface area contributed by atoms with E-state index in [4.69, 9.17) is 0 Å². The lowest BCUT2D eigenvalue weighted by Crippen LogP contribution is -2.29. The molecule has 0 amide bonds. The molecule has 1 aromatic heterocycles. The number of hydrogen-bond donors (Lipinski definition) is 0. The van der Waals surface area contributed by atoms with Crippen molar-refractivity contribution >= 4 is 39.4 Å². The van der Waals surface area contributed by atoms with Gasteiger partial charge >= 0.3 is 0 Å². The van der Waals surface area contributed by atoms with Gasteiger partial charge in [0.1, 0.15) is 10.8 Å². The first-order valence-corrected chi connectivity index (χ1v) is 9.85. The maximum Gasteiger partial charge on any atom is 0.124 e.